The Balaban J connectivity index is 2.32. The van der Waals surface area contributed by atoms with E-state index in [-0.39, 0.29) is 0 Å². The lowest BCUT2D eigenvalue weighted by Crippen LogP contribution is -1.85. The highest BCUT2D eigenvalue weighted by Gasteiger charge is 2.26. The van der Waals surface area contributed by atoms with Crippen molar-refractivity contribution in [3.05, 3.63) is 42.0 Å². The van der Waals surface area contributed by atoms with Crippen molar-refractivity contribution in [2.24, 2.45) is 5.92 Å². The number of rotatable bonds is 2. The molecule has 1 aromatic carbocycles. The maximum atomic E-state index is 5.31. The van der Waals surface area contributed by atoms with Gasteiger partial charge in [-0.05, 0) is 36.0 Å². The van der Waals surface area contributed by atoms with E-state index < -0.39 is 0 Å². The van der Waals surface area contributed by atoms with Crippen molar-refractivity contribution >= 4 is 5.57 Å². The van der Waals surface area contributed by atoms with E-state index in [1.165, 1.54) is 24.0 Å². The van der Waals surface area contributed by atoms with E-state index in [4.69, 9.17) is 6.42 Å². The first-order chi connectivity index (χ1) is 6.42. The summed E-state index contributed by atoms with van der Waals surface area (Å²) in [6, 6.07) is 10.4. The number of allylic oxidation sites excluding steroid dienone is 2. The smallest absolute Gasteiger partial charge is 0.00807 e. The summed E-state index contributed by atoms with van der Waals surface area (Å²) in [6.45, 7) is 0. The average Bonchev–Trinajstić information content (AvgIpc) is 2.99. The van der Waals surface area contributed by atoms with E-state index in [9.17, 15) is 0 Å². The van der Waals surface area contributed by atoms with Crippen molar-refractivity contribution in [3.63, 3.8) is 0 Å². The van der Waals surface area contributed by atoms with Crippen LogP contribution >= 0.6 is 0 Å². The quantitative estimate of drug-likeness (QED) is 0.595. The molecular weight excluding hydrogens is 156 g/mol. The van der Waals surface area contributed by atoms with Crippen molar-refractivity contribution in [1.82, 2.24) is 0 Å². The highest BCUT2D eigenvalue weighted by molar-refractivity contribution is 5.71. The van der Waals surface area contributed by atoms with E-state index in [2.05, 4.69) is 30.2 Å². The number of hydrogen-bond donors (Lipinski definition) is 0. The summed E-state index contributed by atoms with van der Waals surface area (Å²) in [5.41, 5.74) is 2.62. The molecular formula is C13H12. The second-order valence-electron chi connectivity index (χ2n) is 3.41. The van der Waals surface area contributed by atoms with Crippen molar-refractivity contribution in [1.29, 1.82) is 0 Å². The molecule has 13 heavy (non-hydrogen) atoms. The molecule has 1 aliphatic carbocycles. The summed E-state index contributed by atoms with van der Waals surface area (Å²) in [4.78, 5) is 0. The fourth-order valence-corrected chi connectivity index (χ4v) is 1.55. The van der Waals surface area contributed by atoms with E-state index in [0.717, 1.165) is 5.92 Å². The number of terminal acetylenes is 1. The van der Waals surface area contributed by atoms with Gasteiger partial charge >= 0.3 is 0 Å². The van der Waals surface area contributed by atoms with E-state index >= 15 is 0 Å². The Bertz CT molecular complexity index is 347. The second kappa shape index (κ2) is 3.49. The molecule has 0 unspecified atom stereocenters. The zero-order valence-electron chi connectivity index (χ0n) is 7.53. The Morgan fingerprint density at radius 2 is 2.00 bits per heavy atom. The van der Waals surface area contributed by atoms with Gasteiger partial charge in [-0.25, -0.2) is 0 Å². The molecule has 2 rings (SSSR count). The van der Waals surface area contributed by atoms with E-state index in [0.29, 0.717) is 0 Å². The van der Waals surface area contributed by atoms with E-state index in [1.807, 2.05) is 12.1 Å². The average molecular weight is 168 g/mol. The van der Waals surface area contributed by atoms with Crippen LogP contribution in [-0.2, 0) is 0 Å². The predicted molar refractivity (Wildman–Crippen MR) is 56.0 cm³/mol. The molecule has 1 aliphatic rings. The van der Waals surface area contributed by atoms with Crippen molar-refractivity contribution < 1.29 is 0 Å². The number of benzene rings is 1. The minimum atomic E-state index is 0.721. The van der Waals surface area contributed by atoms with Gasteiger partial charge in [-0.1, -0.05) is 36.3 Å². The molecule has 0 atom stereocenters. The zero-order chi connectivity index (χ0) is 9.10. The predicted octanol–water partition coefficient (Wildman–Crippen LogP) is 3.11. The Kier molecular flexibility index (Phi) is 2.19. The molecule has 0 amide bonds. The van der Waals surface area contributed by atoms with Gasteiger partial charge in [0.1, 0.15) is 0 Å². The molecule has 0 heteroatoms. The molecule has 0 radical (unpaired) electrons. The first kappa shape index (κ1) is 8.13. The third-order valence-corrected chi connectivity index (χ3v) is 2.36. The molecule has 1 fully saturated rings. The molecule has 0 bridgehead atoms. The lowest BCUT2D eigenvalue weighted by atomic mass is 10.0. The van der Waals surface area contributed by atoms with Gasteiger partial charge in [0.05, 0.1) is 0 Å². The monoisotopic (exact) mass is 168 g/mol. The first-order valence-corrected chi connectivity index (χ1v) is 4.63. The lowest BCUT2D eigenvalue weighted by molar-refractivity contribution is 1.15. The first-order valence-electron chi connectivity index (χ1n) is 4.63. The molecule has 1 saturated carbocycles. The van der Waals surface area contributed by atoms with Crippen LogP contribution in [0.5, 0.6) is 0 Å². The van der Waals surface area contributed by atoms with Gasteiger partial charge in [-0.15, -0.1) is 6.42 Å². The van der Waals surface area contributed by atoms with Crippen molar-refractivity contribution in [2.75, 3.05) is 0 Å². The Morgan fingerprint density at radius 1 is 1.31 bits per heavy atom. The van der Waals surface area contributed by atoms with Crippen LogP contribution in [0.2, 0.25) is 0 Å². The summed E-state index contributed by atoms with van der Waals surface area (Å²) in [5, 5.41) is 0. The molecule has 0 saturated heterocycles. The van der Waals surface area contributed by atoms with Crippen LogP contribution in [0, 0.1) is 18.3 Å². The molecule has 0 spiro atoms. The minimum absolute atomic E-state index is 0.721. The summed E-state index contributed by atoms with van der Waals surface area (Å²) in [6.07, 6.45) is 9.80. The molecule has 0 nitrogen and oxygen atoms in total. The second-order valence-corrected chi connectivity index (χ2v) is 3.41. The minimum Gasteiger partial charge on any atom is -0.115 e. The van der Waals surface area contributed by atoms with Crippen LogP contribution in [0.15, 0.2) is 36.4 Å². The highest BCUT2D eigenvalue weighted by Crippen LogP contribution is 2.41. The molecule has 0 aromatic heterocycles. The van der Waals surface area contributed by atoms with Gasteiger partial charge in [0.25, 0.3) is 0 Å². The van der Waals surface area contributed by atoms with Crippen LogP contribution in [0.4, 0.5) is 0 Å². The summed E-state index contributed by atoms with van der Waals surface area (Å²) >= 11 is 0. The molecule has 64 valence electrons. The van der Waals surface area contributed by atoms with Crippen molar-refractivity contribution in [3.8, 4) is 12.3 Å². The van der Waals surface area contributed by atoms with Crippen molar-refractivity contribution in [2.45, 2.75) is 12.8 Å². The number of hydrogen-bond acceptors (Lipinski definition) is 0. The van der Waals surface area contributed by atoms with Crippen LogP contribution in [0.25, 0.3) is 5.57 Å². The highest BCUT2D eigenvalue weighted by atomic mass is 14.3. The Labute approximate surface area is 79.3 Å². The zero-order valence-corrected chi connectivity index (χ0v) is 7.53. The van der Waals surface area contributed by atoms with Crippen LogP contribution in [0.3, 0.4) is 0 Å². The van der Waals surface area contributed by atoms with Gasteiger partial charge in [0.2, 0.25) is 0 Å². The maximum Gasteiger partial charge on any atom is -0.00807 e. The third kappa shape index (κ3) is 1.81. The third-order valence-electron chi connectivity index (χ3n) is 2.36. The van der Waals surface area contributed by atoms with Gasteiger partial charge in [0.15, 0.2) is 0 Å². The Hall–Kier alpha value is -1.48. The molecule has 0 aliphatic heterocycles. The normalized spacial score (nSPS) is 16.7. The van der Waals surface area contributed by atoms with Gasteiger partial charge in [-0.2, -0.15) is 0 Å². The molecule has 0 heterocycles. The van der Waals surface area contributed by atoms with Crippen LogP contribution < -0.4 is 0 Å². The van der Waals surface area contributed by atoms with Gasteiger partial charge < -0.3 is 0 Å². The largest absolute Gasteiger partial charge is 0.115 e. The fourth-order valence-electron chi connectivity index (χ4n) is 1.55. The molecule has 0 N–H and O–H groups in total. The standard InChI is InChI=1S/C13H12/c1-2-6-13(12-9-10-12)11-7-4-3-5-8-11/h1,3-8,12H,9-10H2/b13-6+. The fraction of sp³-hybridized carbons (Fsp3) is 0.231. The topological polar surface area (TPSA) is 0 Å². The maximum absolute atomic E-state index is 5.31. The molecule has 1 aromatic rings. The van der Waals surface area contributed by atoms with E-state index in [1.54, 1.807) is 0 Å². The van der Waals surface area contributed by atoms with Crippen LogP contribution in [0.1, 0.15) is 18.4 Å². The van der Waals surface area contributed by atoms with Gasteiger partial charge in [0, 0.05) is 0 Å². The SMILES string of the molecule is C#C/C=C(\c1ccccc1)C1CC1. The summed E-state index contributed by atoms with van der Waals surface area (Å²) in [5.74, 6) is 3.35. The lowest BCUT2D eigenvalue weighted by Gasteiger charge is -2.03. The summed E-state index contributed by atoms with van der Waals surface area (Å²) < 4.78 is 0. The summed E-state index contributed by atoms with van der Waals surface area (Å²) in [7, 11) is 0. The van der Waals surface area contributed by atoms with Gasteiger partial charge in [-0.3, -0.25) is 0 Å². The Morgan fingerprint density at radius 3 is 2.54 bits per heavy atom. The van der Waals surface area contributed by atoms with Crippen LogP contribution in [-0.4, -0.2) is 0 Å².